The molecule has 0 heterocycles. The van der Waals surface area contributed by atoms with Crippen LogP contribution < -0.4 is 5.73 Å². The van der Waals surface area contributed by atoms with Crippen molar-refractivity contribution < 1.29 is 5.11 Å². The van der Waals surface area contributed by atoms with Crippen LogP contribution in [0.15, 0.2) is 18.2 Å². The molecule has 3 heteroatoms. The average molecular weight is 214 g/mol. The molecule has 2 atom stereocenters. The van der Waals surface area contributed by atoms with Gasteiger partial charge in [-0.3, -0.25) is 0 Å². The van der Waals surface area contributed by atoms with Crippen LogP contribution in [0.1, 0.15) is 31.0 Å². The minimum Gasteiger partial charge on any atom is -0.391 e. The van der Waals surface area contributed by atoms with Gasteiger partial charge in [-0.25, -0.2) is 0 Å². The van der Waals surface area contributed by atoms with Gasteiger partial charge < -0.3 is 10.8 Å². The van der Waals surface area contributed by atoms with Crippen molar-refractivity contribution in [2.45, 2.75) is 32.4 Å². The van der Waals surface area contributed by atoms with Gasteiger partial charge in [0.15, 0.2) is 0 Å². The van der Waals surface area contributed by atoms with E-state index in [9.17, 15) is 5.11 Å². The Hall–Kier alpha value is -0.570. The van der Waals surface area contributed by atoms with Crippen molar-refractivity contribution in [2.75, 3.05) is 0 Å². The molecule has 0 aromatic heterocycles. The molecule has 0 amide bonds. The summed E-state index contributed by atoms with van der Waals surface area (Å²) < 4.78 is 0. The Kier molecular flexibility index (Phi) is 3.93. The van der Waals surface area contributed by atoms with Crippen molar-refractivity contribution in [1.82, 2.24) is 0 Å². The Morgan fingerprint density at radius 3 is 2.64 bits per heavy atom. The third-order valence-corrected chi connectivity index (χ3v) is 2.71. The van der Waals surface area contributed by atoms with E-state index in [0.29, 0.717) is 5.02 Å². The molecule has 0 saturated heterocycles. The monoisotopic (exact) mass is 213 g/mol. The highest BCUT2D eigenvalue weighted by Gasteiger charge is 2.17. The number of aliphatic hydroxyl groups is 1. The summed E-state index contributed by atoms with van der Waals surface area (Å²) in [6.45, 7) is 3.72. The molecule has 1 rings (SSSR count). The first kappa shape index (κ1) is 11.5. The summed E-state index contributed by atoms with van der Waals surface area (Å²) in [5.41, 5.74) is 7.85. The molecular formula is C11H16ClNO. The lowest BCUT2D eigenvalue weighted by atomic mass is 9.96. The lowest BCUT2D eigenvalue weighted by molar-refractivity contribution is 0.164. The fourth-order valence-corrected chi connectivity index (χ4v) is 1.82. The third-order valence-electron chi connectivity index (χ3n) is 2.38. The van der Waals surface area contributed by atoms with Gasteiger partial charge in [0.1, 0.15) is 0 Å². The van der Waals surface area contributed by atoms with Gasteiger partial charge in [0.05, 0.1) is 12.1 Å². The van der Waals surface area contributed by atoms with E-state index in [2.05, 4.69) is 0 Å². The van der Waals surface area contributed by atoms with Crippen LogP contribution in [0.5, 0.6) is 0 Å². The Morgan fingerprint density at radius 2 is 2.14 bits per heavy atom. The van der Waals surface area contributed by atoms with Crippen LogP contribution in [0.3, 0.4) is 0 Å². The maximum absolute atomic E-state index is 9.44. The van der Waals surface area contributed by atoms with Gasteiger partial charge in [-0.1, -0.05) is 30.7 Å². The second-order valence-corrected chi connectivity index (χ2v) is 3.84. The maximum atomic E-state index is 9.44. The van der Waals surface area contributed by atoms with Crippen LogP contribution in [0.4, 0.5) is 0 Å². The van der Waals surface area contributed by atoms with E-state index in [0.717, 1.165) is 17.5 Å². The smallest absolute Gasteiger partial charge is 0.0705 e. The molecule has 0 bridgehead atoms. The molecular weight excluding hydrogens is 198 g/mol. The van der Waals surface area contributed by atoms with Gasteiger partial charge in [0, 0.05) is 5.02 Å². The van der Waals surface area contributed by atoms with E-state index >= 15 is 0 Å². The van der Waals surface area contributed by atoms with Gasteiger partial charge in [0.2, 0.25) is 0 Å². The van der Waals surface area contributed by atoms with Crippen molar-refractivity contribution in [3.8, 4) is 0 Å². The van der Waals surface area contributed by atoms with Crippen molar-refractivity contribution in [3.05, 3.63) is 34.3 Å². The Balaban J connectivity index is 3.16. The minimum absolute atomic E-state index is 0.404. The summed E-state index contributed by atoms with van der Waals surface area (Å²) in [7, 11) is 0. The maximum Gasteiger partial charge on any atom is 0.0705 e. The quantitative estimate of drug-likeness (QED) is 0.810. The lowest BCUT2D eigenvalue weighted by Crippen LogP contribution is -2.24. The standard InChI is InChI=1S/C11H16ClNO/c1-3-8-5-4-6-9(12)10(8)11(13)7(2)14/h4-7,11,14H,3,13H2,1-2H3/t7-,11+/m1/s1. The fourth-order valence-electron chi connectivity index (χ4n) is 1.50. The molecule has 0 unspecified atom stereocenters. The molecule has 0 saturated carbocycles. The van der Waals surface area contributed by atoms with E-state index < -0.39 is 12.1 Å². The average Bonchev–Trinajstić information content (AvgIpc) is 2.16. The Bertz CT molecular complexity index is 312. The molecule has 2 nitrogen and oxygen atoms in total. The summed E-state index contributed by atoms with van der Waals surface area (Å²) in [4.78, 5) is 0. The van der Waals surface area contributed by atoms with E-state index in [1.807, 2.05) is 19.1 Å². The highest BCUT2D eigenvalue weighted by Crippen LogP contribution is 2.27. The number of hydrogen-bond donors (Lipinski definition) is 2. The largest absolute Gasteiger partial charge is 0.391 e. The van der Waals surface area contributed by atoms with E-state index in [4.69, 9.17) is 17.3 Å². The molecule has 0 aliphatic carbocycles. The highest BCUT2D eigenvalue weighted by molar-refractivity contribution is 6.31. The van der Waals surface area contributed by atoms with Gasteiger partial charge in [0.25, 0.3) is 0 Å². The minimum atomic E-state index is -0.583. The second-order valence-electron chi connectivity index (χ2n) is 3.43. The first-order chi connectivity index (χ1) is 6.57. The molecule has 1 aromatic carbocycles. The number of nitrogens with two attached hydrogens (primary N) is 1. The number of rotatable bonds is 3. The van der Waals surface area contributed by atoms with Crippen LogP contribution in [0.25, 0.3) is 0 Å². The van der Waals surface area contributed by atoms with Crippen LogP contribution in [0, 0.1) is 0 Å². The van der Waals surface area contributed by atoms with Crippen molar-refractivity contribution in [2.24, 2.45) is 5.73 Å². The highest BCUT2D eigenvalue weighted by atomic mass is 35.5. The zero-order chi connectivity index (χ0) is 10.7. The third kappa shape index (κ3) is 2.27. The van der Waals surface area contributed by atoms with Crippen LogP contribution in [0.2, 0.25) is 5.02 Å². The summed E-state index contributed by atoms with van der Waals surface area (Å²) in [6.07, 6.45) is 0.288. The van der Waals surface area contributed by atoms with E-state index in [-0.39, 0.29) is 0 Å². The summed E-state index contributed by atoms with van der Waals surface area (Å²) in [6, 6.07) is 5.29. The zero-order valence-corrected chi connectivity index (χ0v) is 9.25. The van der Waals surface area contributed by atoms with Crippen LogP contribution in [-0.2, 0) is 6.42 Å². The zero-order valence-electron chi connectivity index (χ0n) is 8.50. The Morgan fingerprint density at radius 1 is 1.50 bits per heavy atom. The molecule has 0 aliphatic heterocycles. The van der Waals surface area contributed by atoms with Gasteiger partial charge in [-0.05, 0) is 30.5 Å². The number of benzene rings is 1. The molecule has 0 radical (unpaired) electrons. The van der Waals surface area contributed by atoms with Gasteiger partial charge in [-0.15, -0.1) is 0 Å². The fraction of sp³-hybridized carbons (Fsp3) is 0.455. The molecule has 3 N–H and O–H groups in total. The number of halogens is 1. The second kappa shape index (κ2) is 4.78. The molecule has 14 heavy (non-hydrogen) atoms. The number of aryl methyl sites for hydroxylation is 1. The van der Waals surface area contributed by atoms with E-state index in [1.165, 1.54) is 0 Å². The first-order valence-electron chi connectivity index (χ1n) is 4.78. The topological polar surface area (TPSA) is 46.2 Å². The van der Waals surface area contributed by atoms with Crippen LogP contribution in [-0.4, -0.2) is 11.2 Å². The van der Waals surface area contributed by atoms with E-state index in [1.54, 1.807) is 13.0 Å². The summed E-state index contributed by atoms with van der Waals surface area (Å²) in [5.74, 6) is 0. The predicted octanol–water partition coefficient (Wildman–Crippen LogP) is 2.28. The van der Waals surface area contributed by atoms with Gasteiger partial charge >= 0.3 is 0 Å². The summed E-state index contributed by atoms with van der Waals surface area (Å²) in [5, 5.41) is 10.1. The van der Waals surface area contributed by atoms with Crippen molar-refractivity contribution in [1.29, 1.82) is 0 Å². The lowest BCUT2D eigenvalue weighted by Gasteiger charge is -2.19. The first-order valence-corrected chi connectivity index (χ1v) is 5.16. The predicted molar refractivity (Wildman–Crippen MR) is 59.4 cm³/mol. The molecule has 1 aromatic rings. The number of hydrogen-bond acceptors (Lipinski definition) is 2. The van der Waals surface area contributed by atoms with Crippen LogP contribution >= 0.6 is 11.6 Å². The summed E-state index contributed by atoms with van der Waals surface area (Å²) >= 11 is 6.06. The number of aliphatic hydroxyl groups excluding tert-OH is 1. The van der Waals surface area contributed by atoms with Crippen molar-refractivity contribution >= 4 is 11.6 Å². The Labute approximate surface area is 89.7 Å². The van der Waals surface area contributed by atoms with Gasteiger partial charge in [-0.2, -0.15) is 0 Å². The SMILES string of the molecule is CCc1cccc(Cl)c1[C@@H](N)[C@@H](C)O. The molecule has 0 aliphatic rings. The molecule has 0 fully saturated rings. The molecule has 0 spiro atoms. The normalized spacial score (nSPS) is 15.2. The molecule has 78 valence electrons. The van der Waals surface area contributed by atoms with Crippen molar-refractivity contribution in [3.63, 3.8) is 0 Å².